The minimum atomic E-state index is -1.43. The predicted octanol–water partition coefficient (Wildman–Crippen LogP) is 1.57. The second-order valence-electron chi connectivity index (χ2n) is 3.85. The van der Waals surface area contributed by atoms with Crippen molar-refractivity contribution in [1.29, 1.82) is 0 Å². The highest BCUT2D eigenvalue weighted by molar-refractivity contribution is 7.99. The van der Waals surface area contributed by atoms with Crippen molar-refractivity contribution in [2.45, 2.75) is 9.79 Å². The zero-order valence-electron chi connectivity index (χ0n) is 8.92. The van der Waals surface area contributed by atoms with Crippen LogP contribution in [0, 0.1) is 0 Å². The number of anilines is 2. The molecule has 1 aliphatic heterocycles. The molecule has 0 bridgehead atoms. The lowest BCUT2D eigenvalue weighted by molar-refractivity contribution is 0.426. The molecule has 0 radical (unpaired) electrons. The fraction of sp³-hybridized carbons (Fsp3) is 0. The van der Waals surface area contributed by atoms with Crippen LogP contribution in [0.5, 0.6) is 0 Å². The quantitative estimate of drug-likeness (QED) is 0.568. The van der Waals surface area contributed by atoms with Gasteiger partial charge in [0.25, 0.3) is 0 Å². The number of para-hydroxylation sites is 1. The Kier molecular flexibility index (Phi) is 2.59. The highest BCUT2D eigenvalue weighted by Gasteiger charge is 2.18. The van der Waals surface area contributed by atoms with Gasteiger partial charge in [-0.25, -0.2) is 0 Å². The number of fused-ring (bicyclic) bond motifs is 2. The number of benzene rings is 2. The van der Waals surface area contributed by atoms with Gasteiger partial charge < -0.3 is 15.4 Å². The Hall–Kier alpha value is -1.43. The third kappa shape index (κ3) is 1.93. The Morgan fingerprint density at radius 2 is 1.71 bits per heavy atom. The van der Waals surface area contributed by atoms with Gasteiger partial charge in [0.05, 0.1) is 11.4 Å². The summed E-state index contributed by atoms with van der Waals surface area (Å²) < 4.78 is 0. The van der Waals surface area contributed by atoms with E-state index in [1.54, 1.807) is 23.9 Å². The van der Waals surface area contributed by atoms with Crippen molar-refractivity contribution in [1.82, 2.24) is 0 Å². The molecule has 0 unspecified atom stereocenters. The zero-order valence-corrected chi connectivity index (χ0v) is 9.74. The van der Waals surface area contributed by atoms with Gasteiger partial charge in [0.2, 0.25) is 0 Å². The Morgan fingerprint density at radius 3 is 2.53 bits per heavy atom. The van der Waals surface area contributed by atoms with Gasteiger partial charge in [-0.2, -0.15) is 0 Å². The SMILES string of the molecule is OB(O)c1ccc2c(c1)Nc1ccccc1S2. The maximum atomic E-state index is 9.14. The number of hydrogen-bond donors (Lipinski definition) is 3. The molecule has 0 atom stereocenters. The molecule has 1 heterocycles. The molecule has 3 rings (SSSR count). The first-order valence-electron chi connectivity index (χ1n) is 5.28. The molecule has 0 saturated heterocycles. The van der Waals surface area contributed by atoms with Crippen molar-refractivity contribution in [3.8, 4) is 0 Å². The Morgan fingerprint density at radius 1 is 0.941 bits per heavy atom. The van der Waals surface area contributed by atoms with Crippen LogP contribution >= 0.6 is 11.8 Å². The summed E-state index contributed by atoms with van der Waals surface area (Å²) >= 11 is 1.68. The van der Waals surface area contributed by atoms with Crippen molar-refractivity contribution in [3.05, 3.63) is 42.5 Å². The van der Waals surface area contributed by atoms with Crippen LogP contribution in [0.1, 0.15) is 0 Å². The topological polar surface area (TPSA) is 52.5 Å². The molecule has 0 aromatic heterocycles. The van der Waals surface area contributed by atoms with Crippen molar-refractivity contribution in [2.75, 3.05) is 5.32 Å². The largest absolute Gasteiger partial charge is 0.488 e. The fourth-order valence-corrected chi connectivity index (χ4v) is 2.79. The lowest BCUT2D eigenvalue weighted by Crippen LogP contribution is -2.30. The van der Waals surface area contributed by atoms with E-state index in [-0.39, 0.29) is 0 Å². The van der Waals surface area contributed by atoms with E-state index < -0.39 is 7.12 Å². The molecule has 0 spiro atoms. The highest BCUT2D eigenvalue weighted by Crippen LogP contribution is 2.43. The molecular formula is C12H10BNO2S. The minimum Gasteiger partial charge on any atom is -0.423 e. The average Bonchev–Trinajstić information content (AvgIpc) is 2.35. The molecular weight excluding hydrogens is 233 g/mol. The van der Waals surface area contributed by atoms with E-state index in [0.717, 1.165) is 16.3 Å². The second kappa shape index (κ2) is 4.11. The molecule has 84 valence electrons. The lowest BCUT2D eigenvalue weighted by atomic mass is 9.80. The molecule has 1 aliphatic rings. The van der Waals surface area contributed by atoms with Gasteiger partial charge in [-0.3, -0.25) is 0 Å². The van der Waals surface area contributed by atoms with Gasteiger partial charge in [0.15, 0.2) is 0 Å². The molecule has 5 heteroatoms. The normalized spacial score (nSPS) is 12.4. The van der Waals surface area contributed by atoms with Gasteiger partial charge in [-0.1, -0.05) is 30.0 Å². The van der Waals surface area contributed by atoms with Crippen molar-refractivity contribution in [3.63, 3.8) is 0 Å². The zero-order chi connectivity index (χ0) is 11.8. The summed E-state index contributed by atoms with van der Waals surface area (Å²) in [5.74, 6) is 0. The van der Waals surface area contributed by atoms with E-state index in [2.05, 4.69) is 11.4 Å². The summed E-state index contributed by atoms with van der Waals surface area (Å²) in [4.78, 5) is 2.27. The maximum absolute atomic E-state index is 9.14. The highest BCUT2D eigenvalue weighted by atomic mass is 32.2. The second-order valence-corrected chi connectivity index (χ2v) is 4.94. The maximum Gasteiger partial charge on any atom is 0.488 e. The van der Waals surface area contributed by atoms with Gasteiger partial charge >= 0.3 is 7.12 Å². The first-order valence-corrected chi connectivity index (χ1v) is 6.10. The standard InChI is InChI=1S/C12H10BNO2S/c15-13(16)8-5-6-12-10(7-8)14-9-3-1-2-4-11(9)17-12/h1-7,14-16H. The van der Waals surface area contributed by atoms with Crippen LogP contribution in [0.3, 0.4) is 0 Å². The number of hydrogen-bond acceptors (Lipinski definition) is 4. The van der Waals surface area contributed by atoms with Gasteiger partial charge in [0.1, 0.15) is 0 Å². The molecule has 3 nitrogen and oxygen atoms in total. The summed E-state index contributed by atoms with van der Waals surface area (Å²) in [5.41, 5.74) is 2.46. The van der Waals surface area contributed by atoms with Crippen LogP contribution in [0.15, 0.2) is 52.3 Å². The van der Waals surface area contributed by atoms with Crippen LogP contribution < -0.4 is 10.8 Å². The van der Waals surface area contributed by atoms with E-state index in [0.29, 0.717) is 5.46 Å². The average molecular weight is 243 g/mol. The van der Waals surface area contributed by atoms with E-state index >= 15 is 0 Å². The van der Waals surface area contributed by atoms with Gasteiger partial charge in [-0.05, 0) is 29.7 Å². The summed E-state index contributed by atoms with van der Waals surface area (Å²) in [6, 6.07) is 13.4. The summed E-state index contributed by atoms with van der Waals surface area (Å²) in [5, 5.41) is 21.6. The molecule has 0 saturated carbocycles. The van der Waals surface area contributed by atoms with E-state index in [1.165, 1.54) is 4.90 Å². The fourth-order valence-electron chi connectivity index (χ4n) is 1.82. The third-order valence-corrected chi connectivity index (χ3v) is 3.83. The van der Waals surface area contributed by atoms with E-state index in [9.17, 15) is 0 Å². The smallest absolute Gasteiger partial charge is 0.423 e. The molecule has 0 aliphatic carbocycles. The predicted molar refractivity (Wildman–Crippen MR) is 70.1 cm³/mol. The van der Waals surface area contributed by atoms with Gasteiger partial charge in [0, 0.05) is 9.79 Å². The Balaban J connectivity index is 2.03. The molecule has 0 amide bonds. The summed E-state index contributed by atoms with van der Waals surface area (Å²) in [7, 11) is -1.43. The van der Waals surface area contributed by atoms with Crippen molar-refractivity contribution >= 4 is 35.7 Å². The van der Waals surface area contributed by atoms with Crippen LogP contribution in [0.25, 0.3) is 0 Å². The summed E-state index contributed by atoms with van der Waals surface area (Å²) in [6.07, 6.45) is 0. The van der Waals surface area contributed by atoms with Crippen LogP contribution in [-0.2, 0) is 0 Å². The Labute approximate surface area is 104 Å². The molecule has 17 heavy (non-hydrogen) atoms. The Bertz CT molecular complexity index is 574. The molecule has 2 aromatic rings. The van der Waals surface area contributed by atoms with Crippen LogP contribution in [0.2, 0.25) is 0 Å². The number of rotatable bonds is 1. The monoisotopic (exact) mass is 243 g/mol. The van der Waals surface area contributed by atoms with E-state index in [1.807, 2.05) is 24.3 Å². The number of nitrogens with one attached hydrogen (secondary N) is 1. The van der Waals surface area contributed by atoms with Crippen LogP contribution in [0.4, 0.5) is 11.4 Å². The van der Waals surface area contributed by atoms with Crippen molar-refractivity contribution in [2.24, 2.45) is 0 Å². The summed E-state index contributed by atoms with van der Waals surface area (Å²) in [6.45, 7) is 0. The van der Waals surface area contributed by atoms with Gasteiger partial charge in [-0.15, -0.1) is 0 Å². The third-order valence-electron chi connectivity index (χ3n) is 2.68. The lowest BCUT2D eigenvalue weighted by Gasteiger charge is -2.21. The molecule has 0 fully saturated rings. The van der Waals surface area contributed by atoms with Crippen LogP contribution in [-0.4, -0.2) is 17.2 Å². The first kappa shape index (κ1) is 10.7. The molecule has 2 aromatic carbocycles. The molecule has 3 N–H and O–H groups in total. The first-order chi connectivity index (χ1) is 8.24. The van der Waals surface area contributed by atoms with Crippen molar-refractivity contribution < 1.29 is 10.0 Å². The van der Waals surface area contributed by atoms with E-state index in [4.69, 9.17) is 10.0 Å². The minimum absolute atomic E-state index is 0.497.